The molecule has 0 saturated carbocycles. The van der Waals surface area contributed by atoms with E-state index in [9.17, 15) is 14.4 Å². The van der Waals surface area contributed by atoms with Crippen molar-refractivity contribution in [2.24, 2.45) is 7.05 Å². The zero-order valence-corrected chi connectivity index (χ0v) is 16.9. The first-order chi connectivity index (χ1) is 13.9. The number of carbonyl (C=O) groups is 2. The van der Waals surface area contributed by atoms with Crippen molar-refractivity contribution in [1.29, 1.82) is 0 Å². The first-order valence-electron chi connectivity index (χ1n) is 9.18. The monoisotopic (exact) mass is 400 g/mol. The Morgan fingerprint density at radius 2 is 1.79 bits per heavy atom. The fraction of sp³-hybridized carbons (Fsp3) is 0.381. The molecule has 1 unspecified atom stereocenters. The lowest BCUT2D eigenvalue weighted by Gasteiger charge is -2.37. The molecule has 0 spiro atoms. The van der Waals surface area contributed by atoms with Crippen LogP contribution in [-0.2, 0) is 23.0 Å². The molecule has 0 N–H and O–H groups in total. The second-order valence-electron chi connectivity index (χ2n) is 6.82. The molecule has 154 valence electrons. The predicted octanol–water partition coefficient (Wildman–Crippen LogP) is 1.71. The van der Waals surface area contributed by atoms with Crippen molar-refractivity contribution in [2.45, 2.75) is 18.9 Å². The Labute approximate surface area is 168 Å². The molecule has 0 fully saturated rings. The number of nitrogens with zero attached hydrogens (tertiary/aromatic N) is 2. The fourth-order valence-corrected chi connectivity index (χ4v) is 3.58. The van der Waals surface area contributed by atoms with E-state index in [1.165, 1.54) is 24.9 Å². The van der Waals surface area contributed by atoms with Gasteiger partial charge >= 0.3 is 5.97 Å². The average Bonchev–Trinajstić information content (AvgIpc) is 2.74. The maximum absolute atomic E-state index is 13.2. The number of aromatic nitrogens is 1. The number of methoxy groups -OCH3 is 3. The number of benzene rings is 1. The van der Waals surface area contributed by atoms with E-state index in [1.54, 1.807) is 37.4 Å². The van der Waals surface area contributed by atoms with Gasteiger partial charge in [0.25, 0.3) is 11.5 Å². The highest BCUT2D eigenvalue weighted by Crippen LogP contribution is 2.40. The Bertz CT molecular complexity index is 997. The van der Waals surface area contributed by atoms with Gasteiger partial charge in [0, 0.05) is 31.4 Å². The van der Waals surface area contributed by atoms with Gasteiger partial charge < -0.3 is 23.7 Å². The Hall–Kier alpha value is -3.29. The molecule has 3 rings (SSSR count). The number of aryl methyl sites for hydroxylation is 1. The third-order valence-corrected chi connectivity index (χ3v) is 5.20. The number of fused-ring (bicyclic) bond motifs is 1. The molecule has 8 nitrogen and oxygen atoms in total. The van der Waals surface area contributed by atoms with Crippen LogP contribution in [0.4, 0.5) is 0 Å². The maximum Gasteiger partial charge on any atom is 0.307 e. The summed E-state index contributed by atoms with van der Waals surface area (Å²) in [5.74, 6) is 0.370. The summed E-state index contributed by atoms with van der Waals surface area (Å²) in [6.45, 7) is 0.401. The van der Waals surface area contributed by atoms with Gasteiger partial charge in [0.2, 0.25) is 0 Å². The molecule has 1 atom stereocenters. The molecule has 1 aliphatic heterocycles. The van der Waals surface area contributed by atoms with Crippen LogP contribution in [0, 0.1) is 0 Å². The Balaban J connectivity index is 2.05. The van der Waals surface area contributed by atoms with Crippen LogP contribution in [0.15, 0.2) is 35.3 Å². The Kier molecular flexibility index (Phi) is 5.91. The van der Waals surface area contributed by atoms with Gasteiger partial charge in [-0.2, -0.15) is 0 Å². The van der Waals surface area contributed by atoms with Crippen molar-refractivity contribution in [3.8, 4) is 11.5 Å². The van der Waals surface area contributed by atoms with E-state index < -0.39 is 12.0 Å². The number of pyridine rings is 1. The van der Waals surface area contributed by atoms with Gasteiger partial charge in [-0.15, -0.1) is 0 Å². The van der Waals surface area contributed by atoms with E-state index in [0.29, 0.717) is 24.5 Å². The number of ether oxygens (including phenoxy) is 3. The summed E-state index contributed by atoms with van der Waals surface area (Å²) in [4.78, 5) is 38.9. The van der Waals surface area contributed by atoms with Crippen LogP contribution in [0.1, 0.15) is 33.9 Å². The zero-order chi connectivity index (χ0) is 21.1. The molecule has 2 aromatic rings. The van der Waals surface area contributed by atoms with Crippen LogP contribution in [0.3, 0.4) is 0 Å². The van der Waals surface area contributed by atoms with Crippen molar-refractivity contribution in [1.82, 2.24) is 9.47 Å². The molecule has 0 radical (unpaired) electrons. The minimum absolute atomic E-state index is 0.00440. The van der Waals surface area contributed by atoms with Gasteiger partial charge in [0.15, 0.2) is 11.5 Å². The second-order valence-corrected chi connectivity index (χ2v) is 6.82. The first kappa shape index (κ1) is 20.4. The molecule has 0 bridgehead atoms. The van der Waals surface area contributed by atoms with Crippen LogP contribution in [0.25, 0.3) is 0 Å². The zero-order valence-electron chi connectivity index (χ0n) is 16.9. The van der Waals surface area contributed by atoms with Gasteiger partial charge in [-0.1, -0.05) is 0 Å². The summed E-state index contributed by atoms with van der Waals surface area (Å²) in [6.07, 6.45) is 2.14. The predicted molar refractivity (Wildman–Crippen MR) is 105 cm³/mol. The van der Waals surface area contributed by atoms with Gasteiger partial charge in [-0.3, -0.25) is 14.4 Å². The Morgan fingerprint density at radius 3 is 2.41 bits per heavy atom. The molecule has 1 aromatic heterocycles. The van der Waals surface area contributed by atoms with Crippen LogP contribution in [0.5, 0.6) is 11.5 Å². The maximum atomic E-state index is 13.2. The molecule has 1 amide bonds. The molecular formula is C21H24N2O6. The van der Waals surface area contributed by atoms with E-state index in [1.807, 2.05) is 6.07 Å². The third kappa shape index (κ3) is 3.96. The van der Waals surface area contributed by atoms with Crippen LogP contribution < -0.4 is 15.0 Å². The smallest absolute Gasteiger partial charge is 0.307 e. The Morgan fingerprint density at radius 1 is 1.10 bits per heavy atom. The number of amides is 1. The van der Waals surface area contributed by atoms with Gasteiger partial charge in [-0.25, -0.2) is 0 Å². The summed E-state index contributed by atoms with van der Waals surface area (Å²) >= 11 is 0. The number of esters is 1. The SMILES string of the molecule is COC(=O)CC1c2cc(OC)c(OC)cc2CCN1C(=O)c1ccn(C)c(=O)c1. The summed E-state index contributed by atoms with van der Waals surface area (Å²) in [7, 11) is 6.02. The minimum atomic E-state index is -0.539. The van der Waals surface area contributed by atoms with Gasteiger partial charge in [-0.05, 0) is 35.7 Å². The van der Waals surface area contributed by atoms with Crippen molar-refractivity contribution >= 4 is 11.9 Å². The van der Waals surface area contributed by atoms with Crippen LogP contribution in [-0.4, -0.2) is 49.2 Å². The number of hydrogen-bond donors (Lipinski definition) is 0. The molecule has 0 saturated heterocycles. The molecule has 29 heavy (non-hydrogen) atoms. The number of rotatable bonds is 5. The van der Waals surface area contributed by atoms with Crippen LogP contribution >= 0.6 is 0 Å². The van der Waals surface area contributed by atoms with Crippen molar-refractivity contribution in [3.63, 3.8) is 0 Å². The topological polar surface area (TPSA) is 87.1 Å². The summed E-state index contributed by atoms with van der Waals surface area (Å²) in [5, 5.41) is 0. The van der Waals surface area contributed by atoms with Gasteiger partial charge in [0.1, 0.15) is 0 Å². The van der Waals surface area contributed by atoms with E-state index in [2.05, 4.69) is 0 Å². The lowest BCUT2D eigenvalue weighted by molar-refractivity contribution is -0.141. The van der Waals surface area contributed by atoms with Crippen molar-refractivity contribution in [2.75, 3.05) is 27.9 Å². The quantitative estimate of drug-likeness (QED) is 0.710. The molecule has 2 heterocycles. The van der Waals surface area contributed by atoms with E-state index in [4.69, 9.17) is 14.2 Å². The molecule has 1 aliphatic rings. The summed E-state index contributed by atoms with van der Waals surface area (Å²) < 4.78 is 17.0. The van der Waals surface area contributed by atoms with Crippen LogP contribution in [0.2, 0.25) is 0 Å². The highest BCUT2D eigenvalue weighted by molar-refractivity contribution is 5.95. The summed E-state index contributed by atoms with van der Waals surface area (Å²) in [6, 6.07) is 6.04. The molecular weight excluding hydrogens is 376 g/mol. The lowest BCUT2D eigenvalue weighted by Crippen LogP contribution is -2.41. The summed E-state index contributed by atoms with van der Waals surface area (Å²) in [5.41, 5.74) is 1.79. The number of carbonyl (C=O) groups excluding carboxylic acids is 2. The fourth-order valence-electron chi connectivity index (χ4n) is 3.58. The van der Waals surface area contributed by atoms with Crippen molar-refractivity contribution in [3.05, 3.63) is 57.5 Å². The van der Waals surface area contributed by atoms with E-state index in [-0.39, 0.29) is 23.5 Å². The highest BCUT2D eigenvalue weighted by Gasteiger charge is 2.34. The largest absolute Gasteiger partial charge is 0.493 e. The second kappa shape index (κ2) is 8.38. The molecule has 8 heteroatoms. The number of hydrogen-bond acceptors (Lipinski definition) is 6. The van der Waals surface area contributed by atoms with E-state index >= 15 is 0 Å². The minimum Gasteiger partial charge on any atom is -0.493 e. The lowest BCUT2D eigenvalue weighted by atomic mass is 9.89. The van der Waals surface area contributed by atoms with Gasteiger partial charge in [0.05, 0.1) is 33.8 Å². The normalized spacial score (nSPS) is 15.4. The molecule has 1 aromatic carbocycles. The van der Waals surface area contributed by atoms with Crippen molar-refractivity contribution < 1.29 is 23.8 Å². The standard InChI is InChI=1S/C21H24N2O6/c1-22-7-5-14(10-19(22)24)21(26)23-8-6-13-9-17(27-2)18(28-3)11-15(13)16(23)12-20(25)29-4/h5,7,9-11,16H,6,8,12H2,1-4H3. The highest BCUT2D eigenvalue weighted by atomic mass is 16.5. The third-order valence-electron chi connectivity index (χ3n) is 5.20. The first-order valence-corrected chi connectivity index (χ1v) is 9.18. The molecule has 0 aliphatic carbocycles. The average molecular weight is 400 g/mol. The van der Waals surface area contributed by atoms with E-state index in [0.717, 1.165) is 11.1 Å².